The van der Waals surface area contributed by atoms with E-state index in [2.05, 4.69) is 15.2 Å². The quantitative estimate of drug-likeness (QED) is 0.670. The third-order valence-corrected chi connectivity index (χ3v) is 4.94. The molecule has 0 atom stereocenters. The van der Waals surface area contributed by atoms with Gasteiger partial charge in [0.05, 0.1) is 11.7 Å². The minimum atomic E-state index is -0.482. The summed E-state index contributed by atoms with van der Waals surface area (Å²) in [4.78, 5) is 18.6. The molecular weight excluding hydrogens is 358 g/mol. The van der Waals surface area contributed by atoms with Gasteiger partial charge in [-0.25, -0.2) is 4.79 Å². The molecule has 0 unspecified atom stereocenters. The van der Waals surface area contributed by atoms with Crippen LogP contribution in [0.4, 0.5) is 4.79 Å². The molecule has 0 N–H and O–H groups in total. The summed E-state index contributed by atoms with van der Waals surface area (Å²) in [7, 11) is 1.91. The molecule has 8 nitrogen and oxygen atoms in total. The number of rotatable bonds is 2. The predicted molar refractivity (Wildman–Crippen MR) is 104 cm³/mol. The van der Waals surface area contributed by atoms with Gasteiger partial charge in [0, 0.05) is 37.0 Å². The number of hydrogen-bond acceptors (Lipinski definition) is 6. The van der Waals surface area contributed by atoms with Crippen molar-refractivity contribution in [1.82, 2.24) is 24.8 Å². The SMILES string of the molecule is Cn1ncc2ccc(-c3noc(C4CCN(C(=O)OC(C)(C)C)CC4)n3)cc21. The van der Waals surface area contributed by atoms with Gasteiger partial charge in [-0.15, -0.1) is 0 Å². The molecule has 1 saturated heterocycles. The summed E-state index contributed by atoms with van der Waals surface area (Å²) in [5.74, 6) is 1.36. The Morgan fingerprint density at radius 1 is 1.25 bits per heavy atom. The molecule has 8 heteroatoms. The van der Waals surface area contributed by atoms with Crippen molar-refractivity contribution in [2.45, 2.75) is 45.1 Å². The van der Waals surface area contributed by atoms with E-state index >= 15 is 0 Å². The number of aromatic nitrogens is 4. The second-order valence-corrected chi connectivity index (χ2v) is 8.24. The van der Waals surface area contributed by atoms with Crippen molar-refractivity contribution < 1.29 is 14.1 Å². The molecule has 0 radical (unpaired) electrons. The highest BCUT2D eigenvalue weighted by molar-refractivity contribution is 5.83. The summed E-state index contributed by atoms with van der Waals surface area (Å²) >= 11 is 0. The molecule has 0 saturated carbocycles. The van der Waals surface area contributed by atoms with Gasteiger partial charge in [0.25, 0.3) is 0 Å². The minimum absolute atomic E-state index is 0.153. The van der Waals surface area contributed by atoms with E-state index in [9.17, 15) is 4.79 Å². The number of carbonyl (C=O) groups is 1. The first kappa shape index (κ1) is 18.5. The minimum Gasteiger partial charge on any atom is -0.444 e. The van der Waals surface area contributed by atoms with Gasteiger partial charge in [0.15, 0.2) is 0 Å². The molecule has 1 aromatic carbocycles. The zero-order valence-electron chi connectivity index (χ0n) is 16.7. The third-order valence-electron chi connectivity index (χ3n) is 4.94. The normalized spacial score (nSPS) is 15.9. The number of amides is 1. The van der Waals surface area contributed by atoms with Crippen LogP contribution in [0.2, 0.25) is 0 Å². The molecule has 0 aliphatic carbocycles. The van der Waals surface area contributed by atoms with Gasteiger partial charge >= 0.3 is 6.09 Å². The molecule has 3 heterocycles. The highest BCUT2D eigenvalue weighted by Crippen LogP contribution is 2.30. The van der Waals surface area contributed by atoms with Crippen LogP contribution in [0.5, 0.6) is 0 Å². The van der Waals surface area contributed by atoms with E-state index in [1.807, 2.05) is 56.9 Å². The lowest BCUT2D eigenvalue weighted by molar-refractivity contribution is 0.0198. The van der Waals surface area contributed by atoms with Crippen LogP contribution in [0.1, 0.15) is 45.4 Å². The van der Waals surface area contributed by atoms with E-state index in [0.717, 1.165) is 29.3 Å². The van der Waals surface area contributed by atoms with Crippen LogP contribution < -0.4 is 0 Å². The van der Waals surface area contributed by atoms with E-state index < -0.39 is 5.60 Å². The van der Waals surface area contributed by atoms with Crippen molar-refractivity contribution in [3.05, 3.63) is 30.3 Å². The second kappa shape index (κ2) is 6.92. The maximum Gasteiger partial charge on any atom is 0.410 e. The Morgan fingerprint density at radius 2 is 2.00 bits per heavy atom. The van der Waals surface area contributed by atoms with Crippen LogP contribution in [-0.2, 0) is 11.8 Å². The van der Waals surface area contributed by atoms with Gasteiger partial charge in [-0.1, -0.05) is 17.3 Å². The lowest BCUT2D eigenvalue weighted by atomic mass is 9.97. The van der Waals surface area contributed by atoms with Crippen molar-refractivity contribution in [3.63, 3.8) is 0 Å². The van der Waals surface area contributed by atoms with E-state index in [1.165, 1.54) is 0 Å². The van der Waals surface area contributed by atoms with Crippen molar-refractivity contribution in [1.29, 1.82) is 0 Å². The number of fused-ring (bicyclic) bond motifs is 1. The summed E-state index contributed by atoms with van der Waals surface area (Å²) in [6.07, 6.45) is 3.13. The number of hydrogen-bond donors (Lipinski definition) is 0. The molecule has 1 fully saturated rings. The Bertz CT molecular complexity index is 993. The van der Waals surface area contributed by atoms with Crippen molar-refractivity contribution in [2.75, 3.05) is 13.1 Å². The molecular formula is C20H25N5O3. The van der Waals surface area contributed by atoms with Gasteiger partial charge < -0.3 is 14.2 Å². The highest BCUT2D eigenvalue weighted by atomic mass is 16.6. The molecule has 3 aromatic rings. The van der Waals surface area contributed by atoms with Crippen LogP contribution in [0.3, 0.4) is 0 Å². The number of carbonyl (C=O) groups excluding carboxylic acids is 1. The van der Waals surface area contributed by atoms with Crippen LogP contribution in [0.25, 0.3) is 22.3 Å². The van der Waals surface area contributed by atoms with Crippen LogP contribution in [0, 0.1) is 0 Å². The zero-order chi connectivity index (χ0) is 19.9. The summed E-state index contributed by atoms with van der Waals surface area (Å²) in [5, 5.41) is 9.50. The van der Waals surface area contributed by atoms with E-state index in [4.69, 9.17) is 9.26 Å². The fraction of sp³-hybridized carbons (Fsp3) is 0.500. The maximum atomic E-state index is 12.2. The van der Waals surface area contributed by atoms with E-state index in [1.54, 1.807) is 4.90 Å². The van der Waals surface area contributed by atoms with Crippen molar-refractivity contribution in [3.8, 4) is 11.4 Å². The smallest absolute Gasteiger partial charge is 0.410 e. The fourth-order valence-corrected chi connectivity index (χ4v) is 3.44. The number of nitrogens with zero attached hydrogens (tertiary/aromatic N) is 5. The molecule has 28 heavy (non-hydrogen) atoms. The van der Waals surface area contributed by atoms with Gasteiger partial charge in [-0.2, -0.15) is 10.1 Å². The van der Waals surface area contributed by atoms with Crippen molar-refractivity contribution in [2.24, 2.45) is 7.05 Å². The van der Waals surface area contributed by atoms with E-state index in [0.29, 0.717) is 24.8 Å². The first-order valence-corrected chi connectivity index (χ1v) is 9.54. The standard InChI is InChI=1S/C20H25N5O3/c1-20(2,3)27-19(26)25-9-7-13(8-10-25)18-22-17(23-28-18)14-5-6-15-12-21-24(4)16(15)11-14/h5-6,11-13H,7-10H2,1-4H3. The average Bonchev–Trinajstić information content (AvgIpc) is 3.28. The largest absolute Gasteiger partial charge is 0.444 e. The predicted octanol–water partition coefficient (Wildman–Crippen LogP) is 3.74. The van der Waals surface area contributed by atoms with Crippen molar-refractivity contribution >= 4 is 17.0 Å². The highest BCUT2D eigenvalue weighted by Gasteiger charge is 2.30. The lowest BCUT2D eigenvalue weighted by Crippen LogP contribution is -2.41. The molecule has 1 amide bonds. The molecule has 2 aromatic heterocycles. The van der Waals surface area contributed by atoms with Gasteiger partial charge in [0.1, 0.15) is 5.60 Å². The molecule has 1 aliphatic heterocycles. The Hall–Kier alpha value is -2.90. The fourth-order valence-electron chi connectivity index (χ4n) is 3.44. The Balaban J connectivity index is 1.43. The number of piperidine rings is 1. The lowest BCUT2D eigenvalue weighted by Gasteiger charge is -2.32. The van der Waals surface area contributed by atoms with Gasteiger partial charge in [-0.3, -0.25) is 4.68 Å². The third kappa shape index (κ3) is 3.72. The first-order valence-electron chi connectivity index (χ1n) is 9.54. The molecule has 0 bridgehead atoms. The summed E-state index contributed by atoms with van der Waals surface area (Å²) in [6, 6.07) is 6.00. The van der Waals surface area contributed by atoms with Gasteiger partial charge in [-0.05, 0) is 39.7 Å². The van der Waals surface area contributed by atoms with Crippen LogP contribution in [-0.4, -0.2) is 49.6 Å². The number of likely N-dealkylation sites (tertiary alicyclic amines) is 1. The molecule has 0 spiro atoms. The Labute approximate surface area is 163 Å². The van der Waals surface area contributed by atoms with Gasteiger partial charge in [0.2, 0.25) is 11.7 Å². The average molecular weight is 383 g/mol. The number of aryl methyl sites for hydroxylation is 1. The summed E-state index contributed by atoms with van der Waals surface area (Å²) in [6.45, 7) is 6.87. The molecule has 148 valence electrons. The topological polar surface area (TPSA) is 86.3 Å². The second-order valence-electron chi connectivity index (χ2n) is 8.24. The monoisotopic (exact) mass is 383 g/mol. The summed E-state index contributed by atoms with van der Waals surface area (Å²) < 4.78 is 12.8. The molecule has 4 rings (SSSR count). The Morgan fingerprint density at radius 3 is 2.71 bits per heavy atom. The molecule has 1 aliphatic rings. The Kier molecular flexibility index (Phi) is 4.56. The van der Waals surface area contributed by atoms with Crippen LogP contribution in [0.15, 0.2) is 28.9 Å². The maximum absolute atomic E-state index is 12.2. The van der Waals surface area contributed by atoms with E-state index in [-0.39, 0.29) is 12.0 Å². The first-order chi connectivity index (χ1) is 13.3. The summed E-state index contributed by atoms with van der Waals surface area (Å²) in [5.41, 5.74) is 1.44. The number of ether oxygens (including phenoxy) is 1. The van der Waals surface area contributed by atoms with Crippen LogP contribution >= 0.6 is 0 Å². The number of benzene rings is 1. The zero-order valence-corrected chi connectivity index (χ0v) is 16.7.